The molecule has 1 saturated carbocycles. The molecule has 0 bridgehead atoms. The molecule has 0 saturated heterocycles. The predicted octanol–water partition coefficient (Wildman–Crippen LogP) is 2.43. The van der Waals surface area contributed by atoms with Gasteiger partial charge in [-0.1, -0.05) is 33.1 Å². The molecule has 6 heteroatoms. The molecule has 0 unspecified atom stereocenters. The zero-order valence-corrected chi connectivity index (χ0v) is 13.8. The van der Waals surface area contributed by atoms with Crippen molar-refractivity contribution in [2.45, 2.75) is 64.3 Å². The Morgan fingerprint density at radius 2 is 1.68 bits per heavy atom. The van der Waals surface area contributed by atoms with Gasteiger partial charge in [-0.15, -0.1) is 12.4 Å². The molecular formula is C13H29ClN2O2S. The molecule has 0 aliphatic heterocycles. The van der Waals surface area contributed by atoms with Gasteiger partial charge in [-0.2, -0.15) is 0 Å². The molecule has 1 aliphatic rings. The number of nitrogens with two attached hydrogens (primary N) is 1. The monoisotopic (exact) mass is 312 g/mol. The van der Waals surface area contributed by atoms with Crippen LogP contribution < -0.4 is 10.5 Å². The summed E-state index contributed by atoms with van der Waals surface area (Å²) in [5.41, 5.74) is 5.71. The summed E-state index contributed by atoms with van der Waals surface area (Å²) in [6, 6.07) is 0. The third-order valence-corrected chi connectivity index (χ3v) is 5.73. The van der Waals surface area contributed by atoms with Crippen molar-refractivity contribution < 1.29 is 8.42 Å². The van der Waals surface area contributed by atoms with Gasteiger partial charge in [-0.25, -0.2) is 13.1 Å². The zero-order valence-electron chi connectivity index (χ0n) is 12.2. The topological polar surface area (TPSA) is 72.2 Å². The van der Waals surface area contributed by atoms with Crippen molar-refractivity contribution in [3.63, 3.8) is 0 Å². The van der Waals surface area contributed by atoms with E-state index >= 15 is 0 Å². The molecule has 0 aromatic heterocycles. The van der Waals surface area contributed by atoms with Gasteiger partial charge in [0, 0.05) is 12.1 Å². The third kappa shape index (κ3) is 6.93. The summed E-state index contributed by atoms with van der Waals surface area (Å²) >= 11 is 0. The van der Waals surface area contributed by atoms with Gasteiger partial charge in [0.2, 0.25) is 10.0 Å². The summed E-state index contributed by atoms with van der Waals surface area (Å²) in [6.07, 6.45) is 7.27. The van der Waals surface area contributed by atoms with Crippen LogP contribution in [0.2, 0.25) is 0 Å². The summed E-state index contributed by atoms with van der Waals surface area (Å²) in [6.45, 7) is 4.35. The predicted molar refractivity (Wildman–Crippen MR) is 83.1 cm³/mol. The molecule has 116 valence electrons. The van der Waals surface area contributed by atoms with Gasteiger partial charge >= 0.3 is 0 Å². The lowest BCUT2D eigenvalue weighted by Gasteiger charge is -2.27. The Labute approximate surface area is 124 Å². The molecule has 0 radical (unpaired) electrons. The van der Waals surface area contributed by atoms with Crippen molar-refractivity contribution >= 4 is 22.4 Å². The minimum absolute atomic E-state index is 0. The molecular weight excluding hydrogens is 284 g/mol. The second kappa shape index (κ2) is 8.45. The van der Waals surface area contributed by atoms with Crippen LogP contribution in [0.1, 0.15) is 58.8 Å². The molecule has 3 N–H and O–H groups in total. The molecule has 1 fully saturated rings. The van der Waals surface area contributed by atoms with Gasteiger partial charge in [0.05, 0.1) is 5.75 Å². The fraction of sp³-hybridized carbons (Fsp3) is 1.00. The average molecular weight is 313 g/mol. The van der Waals surface area contributed by atoms with E-state index in [1.54, 1.807) is 0 Å². The number of rotatable bonds is 7. The van der Waals surface area contributed by atoms with Crippen molar-refractivity contribution in [1.82, 2.24) is 4.72 Å². The van der Waals surface area contributed by atoms with Crippen molar-refractivity contribution in [3.05, 3.63) is 0 Å². The molecule has 19 heavy (non-hydrogen) atoms. The number of halogens is 1. The van der Waals surface area contributed by atoms with E-state index in [0.717, 1.165) is 25.7 Å². The smallest absolute Gasteiger partial charge is 0.211 e. The number of sulfonamides is 1. The van der Waals surface area contributed by atoms with Crippen LogP contribution in [0.4, 0.5) is 0 Å². The second-order valence-electron chi connectivity index (χ2n) is 5.68. The van der Waals surface area contributed by atoms with Crippen molar-refractivity contribution in [2.24, 2.45) is 11.7 Å². The average Bonchev–Trinajstić information content (AvgIpc) is 2.37. The first kappa shape index (κ1) is 19.2. The summed E-state index contributed by atoms with van der Waals surface area (Å²) in [4.78, 5) is 0. The molecule has 0 heterocycles. The molecule has 0 spiro atoms. The molecule has 0 amide bonds. The lowest BCUT2D eigenvalue weighted by atomic mass is 9.91. The normalized spacial score (nSPS) is 18.1. The SMILES string of the molecule is CCC(N)(CC)CNS(=O)(=O)CC1CCCCC1.Cl. The van der Waals surface area contributed by atoms with Crippen LogP contribution in [0.3, 0.4) is 0 Å². The van der Waals surface area contributed by atoms with Crippen LogP contribution in [0.25, 0.3) is 0 Å². The van der Waals surface area contributed by atoms with E-state index in [9.17, 15) is 8.42 Å². The van der Waals surface area contributed by atoms with E-state index in [-0.39, 0.29) is 18.2 Å². The first-order chi connectivity index (χ1) is 8.41. The largest absolute Gasteiger partial charge is 0.324 e. The van der Waals surface area contributed by atoms with Crippen LogP contribution in [0.5, 0.6) is 0 Å². The number of nitrogens with one attached hydrogen (secondary N) is 1. The highest BCUT2D eigenvalue weighted by atomic mass is 35.5. The first-order valence-electron chi connectivity index (χ1n) is 7.17. The molecule has 4 nitrogen and oxygen atoms in total. The van der Waals surface area contributed by atoms with Gasteiger partial charge in [0.1, 0.15) is 0 Å². The van der Waals surface area contributed by atoms with E-state index in [1.165, 1.54) is 19.3 Å². The summed E-state index contributed by atoms with van der Waals surface area (Å²) in [5, 5.41) is 0. The Morgan fingerprint density at radius 1 is 1.16 bits per heavy atom. The summed E-state index contributed by atoms with van der Waals surface area (Å²) < 4.78 is 26.7. The third-order valence-electron chi connectivity index (χ3n) is 4.23. The summed E-state index contributed by atoms with van der Waals surface area (Å²) in [7, 11) is -3.16. The van der Waals surface area contributed by atoms with E-state index in [1.807, 2.05) is 13.8 Å². The van der Waals surface area contributed by atoms with Crippen LogP contribution in [-0.2, 0) is 10.0 Å². The molecule has 0 aromatic carbocycles. The van der Waals surface area contributed by atoms with Crippen LogP contribution in [0, 0.1) is 5.92 Å². The Kier molecular flexibility index (Phi) is 8.52. The van der Waals surface area contributed by atoms with Gasteiger partial charge in [-0.05, 0) is 31.6 Å². The fourth-order valence-electron chi connectivity index (χ4n) is 2.48. The maximum Gasteiger partial charge on any atom is 0.211 e. The van der Waals surface area contributed by atoms with Gasteiger partial charge in [0.15, 0.2) is 0 Å². The maximum atomic E-state index is 12.0. The lowest BCUT2D eigenvalue weighted by Crippen LogP contribution is -2.49. The zero-order chi connectivity index (χ0) is 13.6. The quantitative estimate of drug-likeness (QED) is 0.758. The second-order valence-corrected chi connectivity index (χ2v) is 7.53. The Balaban J connectivity index is 0.00000324. The Bertz CT molecular complexity index is 337. The Morgan fingerprint density at radius 3 is 2.16 bits per heavy atom. The lowest BCUT2D eigenvalue weighted by molar-refractivity contribution is 0.376. The van der Waals surface area contributed by atoms with Crippen LogP contribution in [-0.4, -0.2) is 26.3 Å². The van der Waals surface area contributed by atoms with Gasteiger partial charge < -0.3 is 5.73 Å². The number of hydrogen-bond donors (Lipinski definition) is 2. The highest BCUT2D eigenvalue weighted by Gasteiger charge is 2.25. The maximum absolute atomic E-state index is 12.0. The minimum Gasteiger partial charge on any atom is -0.324 e. The van der Waals surface area contributed by atoms with Crippen LogP contribution >= 0.6 is 12.4 Å². The van der Waals surface area contributed by atoms with Crippen LogP contribution in [0.15, 0.2) is 0 Å². The number of hydrogen-bond acceptors (Lipinski definition) is 3. The van der Waals surface area contributed by atoms with E-state index < -0.39 is 15.6 Å². The summed E-state index contributed by atoms with van der Waals surface area (Å²) in [5.74, 6) is 0.614. The minimum atomic E-state index is -3.16. The van der Waals surface area contributed by atoms with Crippen molar-refractivity contribution in [1.29, 1.82) is 0 Å². The van der Waals surface area contributed by atoms with Crippen molar-refractivity contribution in [3.8, 4) is 0 Å². The van der Waals surface area contributed by atoms with E-state index in [2.05, 4.69) is 4.72 Å². The molecule has 0 aromatic rings. The highest BCUT2D eigenvalue weighted by Crippen LogP contribution is 2.24. The van der Waals surface area contributed by atoms with E-state index in [4.69, 9.17) is 5.73 Å². The highest BCUT2D eigenvalue weighted by molar-refractivity contribution is 7.89. The van der Waals surface area contributed by atoms with E-state index in [0.29, 0.717) is 12.5 Å². The molecule has 1 rings (SSSR count). The molecule has 0 atom stereocenters. The van der Waals surface area contributed by atoms with Gasteiger partial charge in [-0.3, -0.25) is 0 Å². The first-order valence-corrected chi connectivity index (χ1v) is 8.82. The Hall–Kier alpha value is 0.160. The fourth-order valence-corrected chi connectivity index (χ4v) is 4.06. The van der Waals surface area contributed by atoms with Gasteiger partial charge in [0.25, 0.3) is 0 Å². The standard InChI is InChI=1S/C13H28N2O2S.ClH/c1-3-13(14,4-2)11-15-18(16,17)10-12-8-6-5-7-9-12;/h12,15H,3-11,14H2,1-2H3;1H. The van der Waals surface area contributed by atoms with Crippen molar-refractivity contribution in [2.75, 3.05) is 12.3 Å². The molecule has 1 aliphatic carbocycles.